The lowest BCUT2D eigenvalue weighted by atomic mass is 10.0. The number of aromatic nitrogens is 3. The first-order valence-electron chi connectivity index (χ1n) is 7.88. The number of rotatable bonds is 5. The molecule has 0 saturated carbocycles. The molecule has 2 aromatic carbocycles. The minimum absolute atomic E-state index is 0.292. The summed E-state index contributed by atoms with van der Waals surface area (Å²) in [6.45, 7) is 7.36. The Morgan fingerprint density at radius 1 is 1.09 bits per heavy atom. The van der Waals surface area contributed by atoms with E-state index >= 15 is 0 Å². The molecule has 1 heterocycles. The largest absolute Gasteiger partial charge is 0.306 e. The summed E-state index contributed by atoms with van der Waals surface area (Å²) < 4.78 is 1.76. The van der Waals surface area contributed by atoms with Crippen molar-refractivity contribution in [2.75, 3.05) is 0 Å². The first kappa shape index (κ1) is 15.4. The number of benzene rings is 2. The molecule has 0 spiro atoms. The molecule has 118 valence electrons. The molecule has 0 saturated heterocycles. The summed E-state index contributed by atoms with van der Waals surface area (Å²) in [7, 11) is 0. The van der Waals surface area contributed by atoms with Crippen LogP contribution in [0.25, 0.3) is 5.69 Å². The van der Waals surface area contributed by atoms with E-state index in [0.29, 0.717) is 6.04 Å². The zero-order chi connectivity index (χ0) is 16.2. The molecule has 1 aromatic heterocycles. The molecular weight excluding hydrogens is 284 g/mol. The number of hydrogen-bond donors (Lipinski definition) is 1. The summed E-state index contributed by atoms with van der Waals surface area (Å²) in [6.07, 6.45) is 3.25. The maximum Gasteiger partial charge on any atom is 0.138 e. The standard InChI is InChI=1S/C19H22N4/c1-14-4-5-18(15(2)10-14)11-21-16(3)17-6-8-19(9-7-17)23-13-20-12-22-23/h4-10,12-13,16,21H,11H2,1-3H3. The van der Waals surface area contributed by atoms with Crippen LogP contribution in [0.4, 0.5) is 0 Å². The number of hydrogen-bond acceptors (Lipinski definition) is 3. The zero-order valence-corrected chi connectivity index (χ0v) is 13.8. The number of nitrogens with one attached hydrogen (secondary N) is 1. The fourth-order valence-electron chi connectivity index (χ4n) is 2.68. The van der Waals surface area contributed by atoms with Crippen LogP contribution in [0.1, 0.15) is 35.2 Å². The van der Waals surface area contributed by atoms with Crippen molar-refractivity contribution in [1.82, 2.24) is 20.1 Å². The van der Waals surface area contributed by atoms with Gasteiger partial charge in [-0.25, -0.2) is 9.67 Å². The van der Waals surface area contributed by atoms with E-state index < -0.39 is 0 Å². The third-order valence-corrected chi connectivity index (χ3v) is 4.17. The van der Waals surface area contributed by atoms with Gasteiger partial charge in [0.1, 0.15) is 12.7 Å². The average molecular weight is 306 g/mol. The van der Waals surface area contributed by atoms with E-state index in [1.165, 1.54) is 22.3 Å². The van der Waals surface area contributed by atoms with E-state index in [4.69, 9.17) is 0 Å². The Morgan fingerprint density at radius 3 is 2.52 bits per heavy atom. The van der Waals surface area contributed by atoms with Crippen LogP contribution >= 0.6 is 0 Å². The summed E-state index contributed by atoms with van der Waals surface area (Å²) >= 11 is 0. The molecular formula is C19H22N4. The van der Waals surface area contributed by atoms with Crippen LogP contribution in [-0.4, -0.2) is 14.8 Å². The van der Waals surface area contributed by atoms with Gasteiger partial charge in [0, 0.05) is 12.6 Å². The van der Waals surface area contributed by atoms with Crippen molar-refractivity contribution in [2.24, 2.45) is 0 Å². The van der Waals surface area contributed by atoms with E-state index in [-0.39, 0.29) is 0 Å². The maximum atomic E-state index is 4.14. The smallest absolute Gasteiger partial charge is 0.138 e. The minimum Gasteiger partial charge on any atom is -0.306 e. The van der Waals surface area contributed by atoms with Crippen LogP contribution in [0.2, 0.25) is 0 Å². The van der Waals surface area contributed by atoms with Gasteiger partial charge in [-0.1, -0.05) is 35.9 Å². The lowest BCUT2D eigenvalue weighted by molar-refractivity contribution is 0.573. The molecule has 0 fully saturated rings. The Kier molecular flexibility index (Phi) is 4.53. The van der Waals surface area contributed by atoms with Crippen LogP contribution in [0.5, 0.6) is 0 Å². The average Bonchev–Trinajstić information content (AvgIpc) is 3.08. The van der Waals surface area contributed by atoms with Crippen LogP contribution in [0.3, 0.4) is 0 Å². The topological polar surface area (TPSA) is 42.7 Å². The third kappa shape index (κ3) is 3.66. The van der Waals surface area contributed by atoms with Crippen LogP contribution < -0.4 is 5.32 Å². The van der Waals surface area contributed by atoms with Crippen molar-refractivity contribution in [3.8, 4) is 5.69 Å². The van der Waals surface area contributed by atoms with E-state index in [0.717, 1.165) is 12.2 Å². The number of aryl methyl sites for hydroxylation is 2. The van der Waals surface area contributed by atoms with Gasteiger partial charge >= 0.3 is 0 Å². The van der Waals surface area contributed by atoms with Crippen LogP contribution in [0, 0.1) is 13.8 Å². The monoisotopic (exact) mass is 306 g/mol. The molecule has 3 aromatic rings. The molecule has 1 N–H and O–H groups in total. The molecule has 0 aliphatic rings. The Hall–Kier alpha value is -2.46. The Balaban J connectivity index is 1.65. The van der Waals surface area contributed by atoms with Gasteiger partial charge in [-0.05, 0) is 49.6 Å². The van der Waals surface area contributed by atoms with Gasteiger partial charge in [-0.2, -0.15) is 5.10 Å². The summed E-state index contributed by atoms with van der Waals surface area (Å²) in [5, 5.41) is 7.74. The van der Waals surface area contributed by atoms with Gasteiger partial charge < -0.3 is 5.32 Å². The highest BCUT2D eigenvalue weighted by Crippen LogP contribution is 2.17. The van der Waals surface area contributed by atoms with Crippen molar-refractivity contribution in [1.29, 1.82) is 0 Å². The second-order valence-electron chi connectivity index (χ2n) is 5.96. The van der Waals surface area contributed by atoms with Gasteiger partial charge in [0.2, 0.25) is 0 Å². The van der Waals surface area contributed by atoms with E-state index in [2.05, 4.69) is 78.6 Å². The van der Waals surface area contributed by atoms with Gasteiger partial charge in [0.25, 0.3) is 0 Å². The minimum atomic E-state index is 0.292. The second kappa shape index (κ2) is 6.75. The third-order valence-electron chi connectivity index (χ3n) is 4.17. The van der Waals surface area contributed by atoms with E-state index in [9.17, 15) is 0 Å². The first-order chi connectivity index (χ1) is 11.1. The van der Waals surface area contributed by atoms with Gasteiger partial charge in [-0.15, -0.1) is 0 Å². The molecule has 1 atom stereocenters. The zero-order valence-electron chi connectivity index (χ0n) is 13.8. The predicted molar refractivity (Wildman–Crippen MR) is 92.5 cm³/mol. The quantitative estimate of drug-likeness (QED) is 0.781. The van der Waals surface area contributed by atoms with Gasteiger partial charge in [-0.3, -0.25) is 0 Å². The van der Waals surface area contributed by atoms with Gasteiger partial charge in [0.15, 0.2) is 0 Å². The molecule has 0 aliphatic carbocycles. The molecule has 0 amide bonds. The summed E-state index contributed by atoms with van der Waals surface area (Å²) in [4.78, 5) is 3.97. The second-order valence-corrected chi connectivity index (χ2v) is 5.96. The van der Waals surface area contributed by atoms with Crippen molar-refractivity contribution in [2.45, 2.75) is 33.4 Å². The molecule has 3 rings (SSSR count). The molecule has 4 nitrogen and oxygen atoms in total. The molecule has 4 heteroatoms. The Morgan fingerprint density at radius 2 is 1.87 bits per heavy atom. The molecule has 0 bridgehead atoms. The van der Waals surface area contributed by atoms with Gasteiger partial charge in [0.05, 0.1) is 5.69 Å². The van der Waals surface area contributed by atoms with Crippen molar-refractivity contribution in [3.63, 3.8) is 0 Å². The fraction of sp³-hybridized carbons (Fsp3) is 0.263. The van der Waals surface area contributed by atoms with E-state index in [1.54, 1.807) is 17.3 Å². The Bertz CT molecular complexity index is 761. The van der Waals surface area contributed by atoms with Crippen molar-refractivity contribution in [3.05, 3.63) is 77.4 Å². The fourth-order valence-corrected chi connectivity index (χ4v) is 2.68. The highest BCUT2D eigenvalue weighted by molar-refractivity contribution is 5.35. The summed E-state index contributed by atoms with van der Waals surface area (Å²) in [6, 6.07) is 15.3. The highest BCUT2D eigenvalue weighted by Gasteiger charge is 2.07. The molecule has 1 unspecified atom stereocenters. The molecule has 0 aliphatic heterocycles. The molecule has 0 radical (unpaired) electrons. The van der Waals surface area contributed by atoms with Crippen LogP contribution in [-0.2, 0) is 6.54 Å². The van der Waals surface area contributed by atoms with Crippen molar-refractivity contribution < 1.29 is 0 Å². The van der Waals surface area contributed by atoms with E-state index in [1.807, 2.05) is 0 Å². The number of nitrogens with zero attached hydrogens (tertiary/aromatic N) is 3. The summed E-state index contributed by atoms with van der Waals surface area (Å²) in [5.74, 6) is 0. The maximum absolute atomic E-state index is 4.14. The lowest BCUT2D eigenvalue weighted by Crippen LogP contribution is -2.18. The summed E-state index contributed by atoms with van der Waals surface area (Å²) in [5.41, 5.74) is 6.28. The normalized spacial score (nSPS) is 12.3. The predicted octanol–water partition coefficient (Wildman–Crippen LogP) is 3.73. The first-order valence-corrected chi connectivity index (χ1v) is 7.88. The SMILES string of the molecule is Cc1ccc(CNC(C)c2ccc(-n3cncn3)cc2)c(C)c1. The van der Waals surface area contributed by atoms with Crippen LogP contribution in [0.15, 0.2) is 55.1 Å². The van der Waals surface area contributed by atoms with Crippen molar-refractivity contribution >= 4 is 0 Å². The highest BCUT2D eigenvalue weighted by atomic mass is 15.3. The lowest BCUT2D eigenvalue weighted by Gasteiger charge is -2.16. The molecule has 23 heavy (non-hydrogen) atoms. The Labute approximate surface area is 137 Å².